The smallest absolute Gasteiger partial charge is 0.224 e. The molecule has 1 amide bonds. The third kappa shape index (κ3) is 3.30. The first kappa shape index (κ1) is 12.1. The first-order chi connectivity index (χ1) is 8.27. The summed E-state index contributed by atoms with van der Waals surface area (Å²) in [6, 6.07) is 10.2. The Morgan fingerprint density at radius 3 is 2.82 bits per heavy atom. The van der Waals surface area contributed by atoms with Crippen molar-refractivity contribution in [2.45, 2.75) is 25.8 Å². The second-order valence-corrected chi connectivity index (χ2v) is 4.68. The van der Waals surface area contributed by atoms with Gasteiger partial charge in [-0.2, -0.15) is 0 Å². The van der Waals surface area contributed by atoms with Crippen LogP contribution in [0.15, 0.2) is 30.3 Å². The third-order valence-electron chi connectivity index (χ3n) is 3.33. The van der Waals surface area contributed by atoms with Gasteiger partial charge in [0.05, 0.1) is 12.0 Å². The number of amides is 1. The molecule has 1 saturated heterocycles. The molecule has 0 aromatic heterocycles. The second-order valence-electron chi connectivity index (χ2n) is 4.68. The molecule has 0 aliphatic carbocycles. The molecule has 1 unspecified atom stereocenters. The Kier molecular flexibility index (Phi) is 4.15. The minimum atomic E-state index is 0.0885. The maximum absolute atomic E-state index is 12.0. The Morgan fingerprint density at radius 2 is 2.18 bits per heavy atom. The van der Waals surface area contributed by atoms with Crippen LogP contribution < -0.4 is 10.6 Å². The van der Waals surface area contributed by atoms with Crippen molar-refractivity contribution in [1.29, 1.82) is 0 Å². The van der Waals surface area contributed by atoms with Crippen LogP contribution in [0.1, 0.15) is 31.4 Å². The molecule has 2 atom stereocenters. The van der Waals surface area contributed by atoms with Gasteiger partial charge in [-0.15, -0.1) is 0 Å². The largest absolute Gasteiger partial charge is 0.349 e. The lowest BCUT2D eigenvalue weighted by molar-refractivity contribution is -0.126. The quantitative estimate of drug-likeness (QED) is 0.835. The molecule has 1 aromatic carbocycles. The van der Waals surface area contributed by atoms with Crippen molar-refractivity contribution < 1.29 is 4.79 Å². The van der Waals surface area contributed by atoms with Crippen molar-refractivity contribution >= 4 is 5.91 Å². The monoisotopic (exact) mass is 232 g/mol. The molecule has 2 N–H and O–H groups in total. The van der Waals surface area contributed by atoms with Crippen LogP contribution in [0.5, 0.6) is 0 Å². The maximum atomic E-state index is 12.0. The predicted molar refractivity (Wildman–Crippen MR) is 68.6 cm³/mol. The lowest BCUT2D eigenvalue weighted by Gasteiger charge is -2.24. The van der Waals surface area contributed by atoms with Crippen LogP contribution in [0.25, 0.3) is 0 Å². The standard InChI is InChI=1S/C14H20N2O/c1-11(12-6-3-2-4-7-12)16-14(17)13-8-5-9-15-10-13/h2-4,6-7,11,13,15H,5,8-10H2,1H3,(H,16,17)/t11?,13-/m1/s1. The summed E-state index contributed by atoms with van der Waals surface area (Å²) in [5.41, 5.74) is 1.16. The van der Waals surface area contributed by atoms with Gasteiger partial charge in [-0.05, 0) is 31.9 Å². The lowest BCUT2D eigenvalue weighted by Crippen LogP contribution is -2.41. The average Bonchev–Trinajstić information content (AvgIpc) is 2.40. The van der Waals surface area contributed by atoms with E-state index in [0.29, 0.717) is 0 Å². The summed E-state index contributed by atoms with van der Waals surface area (Å²) in [5, 5.41) is 6.35. The van der Waals surface area contributed by atoms with Crippen LogP contribution >= 0.6 is 0 Å². The fourth-order valence-corrected chi connectivity index (χ4v) is 2.23. The molecule has 0 bridgehead atoms. The summed E-state index contributed by atoms with van der Waals surface area (Å²) in [5.74, 6) is 0.309. The first-order valence-corrected chi connectivity index (χ1v) is 6.33. The summed E-state index contributed by atoms with van der Waals surface area (Å²) in [4.78, 5) is 12.0. The average molecular weight is 232 g/mol. The molecular weight excluding hydrogens is 212 g/mol. The zero-order valence-corrected chi connectivity index (χ0v) is 10.3. The van der Waals surface area contributed by atoms with Gasteiger partial charge in [-0.1, -0.05) is 30.3 Å². The molecule has 1 heterocycles. The van der Waals surface area contributed by atoms with Crippen LogP contribution in [0, 0.1) is 5.92 Å². The van der Waals surface area contributed by atoms with E-state index in [-0.39, 0.29) is 17.9 Å². The normalized spacial score (nSPS) is 21.8. The van der Waals surface area contributed by atoms with Crippen LogP contribution in [0.3, 0.4) is 0 Å². The van der Waals surface area contributed by atoms with Gasteiger partial charge >= 0.3 is 0 Å². The highest BCUT2D eigenvalue weighted by molar-refractivity contribution is 5.79. The maximum Gasteiger partial charge on any atom is 0.224 e. The number of hydrogen-bond acceptors (Lipinski definition) is 2. The summed E-state index contributed by atoms with van der Waals surface area (Å²) < 4.78 is 0. The number of benzene rings is 1. The van der Waals surface area contributed by atoms with Crippen molar-refractivity contribution in [2.24, 2.45) is 5.92 Å². The first-order valence-electron chi connectivity index (χ1n) is 6.33. The van der Waals surface area contributed by atoms with Crippen LogP contribution in [-0.2, 0) is 4.79 Å². The van der Waals surface area contributed by atoms with E-state index in [0.717, 1.165) is 31.5 Å². The van der Waals surface area contributed by atoms with Crippen molar-refractivity contribution in [1.82, 2.24) is 10.6 Å². The van der Waals surface area contributed by atoms with E-state index in [1.165, 1.54) is 0 Å². The fraction of sp³-hybridized carbons (Fsp3) is 0.500. The van der Waals surface area contributed by atoms with Crippen molar-refractivity contribution in [3.8, 4) is 0 Å². The number of carbonyl (C=O) groups is 1. The summed E-state index contributed by atoms with van der Waals surface area (Å²) in [6.45, 7) is 3.88. The van der Waals surface area contributed by atoms with Gasteiger partial charge in [0.25, 0.3) is 0 Å². The van der Waals surface area contributed by atoms with E-state index in [2.05, 4.69) is 10.6 Å². The molecule has 92 valence electrons. The highest BCUT2D eigenvalue weighted by atomic mass is 16.1. The molecule has 1 fully saturated rings. The zero-order valence-electron chi connectivity index (χ0n) is 10.3. The molecule has 1 aromatic rings. The topological polar surface area (TPSA) is 41.1 Å². The van der Waals surface area contributed by atoms with E-state index in [1.54, 1.807) is 0 Å². The van der Waals surface area contributed by atoms with Crippen LogP contribution in [0.4, 0.5) is 0 Å². The Bertz CT molecular complexity index is 358. The number of piperidine rings is 1. The lowest BCUT2D eigenvalue weighted by atomic mass is 9.98. The van der Waals surface area contributed by atoms with Crippen molar-refractivity contribution in [3.05, 3.63) is 35.9 Å². The fourth-order valence-electron chi connectivity index (χ4n) is 2.23. The van der Waals surface area contributed by atoms with E-state index < -0.39 is 0 Å². The van der Waals surface area contributed by atoms with Gasteiger partial charge in [0, 0.05) is 6.54 Å². The summed E-state index contributed by atoms with van der Waals surface area (Å²) in [7, 11) is 0. The molecule has 2 rings (SSSR count). The number of nitrogens with one attached hydrogen (secondary N) is 2. The highest BCUT2D eigenvalue weighted by Gasteiger charge is 2.22. The molecule has 3 heteroatoms. The van der Waals surface area contributed by atoms with E-state index in [1.807, 2.05) is 37.3 Å². The molecule has 0 radical (unpaired) electrons. The van der Waals surface area contributed by atoms with Crippen molar-refractivity contribution in [3.63, 3.8) is 0 Å². The van der Waals surface area contributed by atoms with E-state index in [4.69, 9.17) is 0 Å². The minimum Gasteiger partial charge on any atom is -0.349 e. The highest BCUT2D eigenvalue weighted by Crippen LogP contribution is 2.15. The molecule has 1 aliphatic heterocycles. The minimum absolute atomic E-state index is 0.0885. The Morgan fingerprint density at radius 1 is 1.41 bits per heavy atom. The number of rotatable bonds is 3. The van der Waals surface area contributed by atoms with Gasteiger partial charge in [-0.25, -0.2) is 0 Å². The predicted octanol–water partition coefficient (Wildman–Crippen LogP) is 1.86. The van der Waals surface area contributed by atoms with Gasteiger partial charge in [0.2, 0.25) is 5.91 Å². The molecule has 0 saturated carbocycles. The third-order valence-corrected chi connectivity index (χ3v) is 3.33. The van der Waals surface area contributed by atoms with Gasteiger partial charge < -0.3 is 10.6 Å². The summed E-state index contributed by atoms with van der Waals surface area (Å²) >= 11 is 0. The number of hydrogen-bond donors (Lipinski definition) is 2. The Labute approximate surface area is 103 Å². The van der Waals surface area contributed by atoms with Crippen molar-refractivity contribution in [2.75, 3.05) is 13.1 Å². The van der Waals surface area contributed by atoms with Crippen LogP contribution in [0.2, 0.25) is 0 Å². The van der Waals surface area contributed by atoms with Gasteiger partial charge in [0.15, 0.2) is 0 Å². The van der Waals surface area contributed by atoms with Gasteiger partial charge in [-0.3, -0.25) is 4.79 Å². The zero-order chi connectivity index (χ0) is 12.1. The second kappa shape index (κ2) is 5.82. The molecule has 3 nitrogen and oxygen atoms in total. The Hall–Kier alpha value is -1.35. The van der Waals surface area contributed by atoms with Gasteiger partial charge in [0.1, 0.15) is 0 Å². The SMILES string of the molecule is CC(NC(=O)[C@@H]1CCCNC1)c1ccccc1. The van der Waals surface area contributed by atoms with Crippen LogP contribution in [-0.4, -0.2) is 19.0 Å². The molecule has 0 spiro atoms. The van der Waals surface area contributed by atoms with E-state index in [9.17, 15) is 4.79 Å². The molecule has 17 heavy (non-hydrogen) atoms. The Balaban J connectivity index is 1.89. The molecule has 1 aliphatic rings. The molecular formula is C14H20N2O. The van der Waals surface area contributed by atoms with E-state index >= 15 is 0 Å². The summed E-state index contributed by atoms with van der Waals surface area (Å²) in [6.07, 6.45) is 2.10. The number of carbonyl (C=O) groups excluding carboxylic acids is 1.